The van der Waals surface area contributed by atoms with E-state index in [9.17, 15) is 0 Å². The number of benzene rings is 1. The van der Waals surface area contributed by atoms with Crippen molar-refractivity contribution in [1.82, 2.24) is 10.6 Å². The summed E-state index contributed by atoms with van der Waals surface area (Å²) in [5.74, 6) is 1.78. The van der Waals surface area contributed by atoms with Gasteiger partial charge in [-0.3, -0.25) is 4.99 Å². The van der Waals surface area contributed by atoms with E-state index in [1.165, 1.54) is 6.42 Å². The number of guanidine groups is 1. The molecule has 1 atom stereocenters. The van der Waals surface area contributed by atoms with Crippen LogP contribution in [0, 0.1) is 0 Å². The minimum absolute atomic E-state index is 0. The Morgan fingerprint density at radius 2 is 2.09 bits per heavy atom. The third-order valence-corrected chi connectivity index (χ3v) is 3.62. The number of ether oxygens (including phenoxy) is 2. The Morgan fingerprint density at radius 1 is 1.26 bits per heavy atom. The summed E-state index contributed by atoms with van der Waals surface area (Å²) < 4.78 is 11.2. The molecule has 1 heterocycles. The molecule has 2 N–H and O–H groups in total. The molecule has 0 aromatic heterocycles. The third kappa shape index (κ3) is 8.41. The fourth-order valence-corrected chi connectivity index (χ4v) is 2.38. The Hall–Kier alpha value is -1.02. The number of unbranched alkanes of at least 4 members (excludes halogenated alkanes) is 1. The van der Waals surface area contributed by atoms with Gasteiger partial charge in [-0.2, -0.15) is 0 Å². The quantitative estimate of drug-likeness (QED) is 0.287. The molecule has 23 heavy (non-hydrogen) atoms. The van der Waals surface area contributed by atoms with Crippen LogP contribution in [0.1, 0.15) is 25.7 Å². The van der Waals surface area contributed by atoms with E-state index in [4.69, 9.17) is 9.47 Å². The number of nitrogens with one attached hydrogen (secondary N) is 2. The third-order valence-electron chi connectivity index (χ3n) is 3.62. The maximum Gasteiger partial charge on any atom is 0.191 e. The van der Waals surface area contributed by atoms with E-state index in [0.717, 1.165) is 57.3 Å². The largest absolute Gasteiger partial charge is 0.494 e. The fourth-order valence-electron chi connectivity index (χ4n) is 2.38. The van der Waals surface area contributed by atoms with Crippen molar-refractivity contribution in [2.45, 2.75) is 31.8 Å². The zero-order chi connectivity index (χ0) is 15.5. The average molecular weight is 433 g/mol. The molecular weight excluding hydrogens is 405 g/mol. The molecule has 130 valence electrons. The Bertz CT molecular complexity index is 437. The number of para-hydroxylation sites is 1. The van der Waals surface area contributed by atoms with Crippen LogP contribution in [0.2, 0.25) is 0 Å². The SMILES string of the molecule is CN=C(NCCCCOc1ccccc1)NCC1CCCO1.I. The van der Waals surface area contributed by atoms with Gasteiger partial charge < -0.3 is 20.1 Å². The van der Waals surface area contributed by atoms with Gasteiger partial charge in [0.25, 0.3) is 0 Å². The van der Waals surface area contributed by atoms with E-state index in [1.807, 2.05) is 30.3 Å². The molecule has 1 aliphatic rings. The number of rotatable bonds is 8. The Labute approximate surface area is 156 Å². The first-order valence-corrected chi connectivity index (χ1v) is 8.12. The number of nitrogens with zero attached hydrogens (tertiary/aromatic N) is 1. The molecule has 0 aliphatic carbocycles. The summed E-state index contributed by atoms with van der Waals surface area (Å²) >= 11 is 0. The summed E-state index contributed by atoms with van der Waals surface area (Å²) in [6, 6.07) is 9.93. The molecule has 0 radical (unpaired) electrons. The van der Waals surface area contributed by atoms with Gasteiger partial charge in [-0.05, 0) is 37.8 Å². The van der Waals surface area contributed by atoms with Gasteiger partial charge in [-0.15, -0.1) is 24.0 Å². The smallest absolute Gasteiger partial charge is 0.191 e. The van der Waals surface area contributed by atoms with Crippen molar-refractivity contribution in [3.8, 4) is 5.75 Å². The normalized spacial score (nSPS) is 17.4. The molecule has 0 bridgehead atoms. The number of hydrogen-bond acceptors (Lipinski definition) is 3. The van der Waals surface area contributed by atoms with Gasteiger partial charge in [-0.25, -0.2) is 0 Å². The minimum Gasteiger partial charge on any atom is -0.494 e. The highest BCUT2D eigenvalue weighted by molar-refractivity contribution is 14.0. The zero-order valence-electron chi connectivity index (χ0n) is 13.8. The van der Waals surface area contributed by atoms with E-state index in [-0.39, 0.29) is 24.0 Å². The lowest BCUT2D eigenvalue weighted by atomic mass is 10.2. The van der Waals surface area contributed by atoms with E-state index in [2.05, 4.69) is 15.6 Å². The molecule has 6 heteroatoms. The Kier molecular flexibility index (Phi) is 10.8. The monoisotopic (exact) mass is 433 g/mol. The van der Waals surface area contributed by atoms with Crippen LogP contribution in [-0.4, -0.2) is 45.4 Å². The Balaban J connectivity index is 0.00000264. The highest BCUT2D eigenvalue weighted by atomic mass is 127. The lowest BCUT2D eigenvalue weighted by molar-refractivity contribution is 0.114. The van der Waals surface area contributed by atoms with Crippen molar-refractivity contribution in [3.63, 3.8) is 0 Å². The van der Waals surface area contributed by atoms with Crippen molar-refractivity contribution in [3.05, 3.63) is 30.3 Å². The molecule has 1 unspecified atom stereocenters. The van der Waals surface area contributed by atoms with Gasteiger partial charge >= 0.3 is 0 Å². The second kappa shape index (κ2) is 12.4. The number of aliphatic imine (C=N–C) groups is 1. The van der Waals surface area contributed by atoms with Crippen molar-refractivity contribution in [2.24, 2.45) is 4.99 Å². The summed E-state index contributed by atoms with van der Waals surface area (Å²) in [6.07, 6.45) is 4.71. The average Bonchev–Trinajstić information content (AvgIpc) is 3.08. The second-order valence-electron chi connectivity index (χ2n) is 5.38. The van der Waals surface area contributed by atoms with Gasteiger partial charge in [0.1, 0.15) is 5.75 Å². The molecule has 5 nitrogen and oxygen atoms in total. The van der Waals surface area contributed by atoms with Gasteiger partial charge in [-0.1, -0.05) is 18.2 Å². The molecule has 1 saturated heterocycles. The van der Waals surface area contributed by atoms with Crippen LogP contribution in [0.3, 0.4) is 0 Å². The molecule has 1 fully saturated rings. The predicted molar refractivity (Wildman–Crippen MR) is 105 cm³/mol. The fraction of sp³-hybridized carbons (Fsp3) is 0.588. The van der Waals surface area contributed by atoms with Crippen LogP contribution in [0.5, 0.6) is 5.75 Å². The standard InChI is InChI=1S/C17H27N3O2.HI/c1-18-17(20-14-16-10-7-13-22-16)19-11-5-6-12-21-15-8-3-2-4-9-15;/h2-4,8-9,16H,5-7,10-14H2,1H3,(H2,18,19,20);1H. The molecule has 1 aromatic rings. The highest BCUT2D eigenvalue weighted by Crippen LogP contribution is 2.10. The van der Waals surface area contributed by atoms with Crippen LogP contribution in [0.25, 0.3) is 0 Å². The van der Waals surface area contributed by atoms with E-state index >= 15 is 0 Å². The van der Waals surface area contributed by atoms with Crippen molar-refractivity contribution >= 4 is 29.9 Å². The predicted octanol–water partition coefficient (Wildman–Crippen LogP) is 2.81. The van der Waals surface area contributed by atoms with Crippen molar-refractivity contribution in [2.75, 3.05) is 33.4 Å². The first-order chi connectivity index (χ1) is 10.9. The highest BCUT2D eigenvalue weighted by Gasteiger charge is 2.15. The van der Waals surface area contributed by atoms with Crippen LogP contribution in [0.15, 0.2) is 35.3 Å². The lowest BCUT2D eigenvalue weighted by Crippen LogP contribution is -2.41. The number of halogens is 1. The first kappa shape index (κ1) is 20.0. The van der Waals surface area contributed by atoms with E-state index in [0.29, 0.717) is 6.10 Å². The van der Waals surface area contributed by atoms with Gasteiger partial charge in [0, 0.05) is 26.7 Å². The maximum absolute atomic E-state index is 5.66. The molecule has 0 amide bonds. The minimum atomic E-state index is 0. The second-order valence-corrected chi connectivity index (χ2v) is 5.38. The first-order valence-electron chi connectivity index (χ1n) is 8.12. The number of hydrogen-bond donors (Lipinski definition) is 2. The molecular formula is C17H28IN3O2. The molecule has 2 rings (SSSR count). The topological polar surface area (TPSA) is 54.9 Å². The van der Waals surface area contributed by atoms with E-state index in [1.54, 1.807) is 7.05 Å². The molecule has 0 spiro atoms. The van der Waals surface area contributed by atoms with Crippen LogP contribution < -0.4 is 15.4 Å². The van der Waals surface area contributed by atoms with E-state index < -0.39 is 0 Å². The lowest BCUT2D eigenvalue weighted by Gasteiger charge is -2.15. The Morgan fingerprint density at radius 3 is 2.78 bits per heavy atom. The summed E-state index contributed by atoms with van der Waals surface area (Å²) in [5, 5.41) is 6.63. The molecule has 1 aliphatic heterocycles. The summed E-state index contributed by atoms with van der Waals surface area (Å²) in [6.45, 7) is 3.35. The van der Waals surface area contributed by atoms with Gasteiger partial charge in [0.15, 0.2) is 5.96 Å². The molecule has 0 saturated carbocycles. The van der Waals surface area contributed by atoms with Crippen LogP contribution in [-0.2, 0) is 4.74 Å². The zero-order valence-corrected chi connectivity index (χ0v) is 16.1. The summed E-state index contributed by atoms with van der Waals surface area (Å²) in [4.78, 5) is 4.22. The summed E-state index contributed by atoms with van der Waals surface area (Å²) in [5.41, 5.74) is 0. The van der Waals surface area contributed by atoms with Gasteiger partial charge in [0.05, 0.1) is 12.7 Å². The van der Waals surface area contributed by atoms with Crippen LogP contribution in [0.4, 0.5) is 0 Å². The summed E-state index contributed by atoms with van der Waals surface area (Å²) in [7, 11) is 1.79. The van der Waals surface area contributed by atoms with Crippen molar-refractivity contribution in [1.29, 1.82) is 0 Å². The molecule has 1 aromatic carbocycles. The maximum atomic E-state index is 5.66. The van der Waals surface area contributed by atoms with Gasteiger partial charge in [0.2, 0.25) is 0 Å². The van der Waals surface area contributed by atoms with Crippen LogP contribution >= 0.6 is 24.0 Å². The van der Waals surface area contributed by atoms with Crippen molar-refractivity contribution < 1.29 is 9.47 Å².